The maximum Gasteiger partial charge on any atom is 0.260 e. The zero-order valence-electron chi connectivity index (χ0n) is 17.6. The summed E-state index contributed by atoms with van der Waals surface area (Å²) in [5.74, 6) is -1.01. The number of fused-ring (bicyclic) bond motifs is 1. The van der Waals surface area contributed by atoms with Gasteiger partial charge < -0.3 is 9.80 Å². The van der Waals surface area contributed by atoms with Gasteiger partial charge in [-0.05, 0) is 47.5 Å². The Kier molecular flexibility index (Phi) is 5.34. The van der Waals surface area contributed by atoms with Gasteiger partial charge in [-0.2, -0.15) is 0 Å². The van der Waals surface area contributed by atoms with Crippen molar-refractivity contribution in [3.63, 3.8) is 0 Å². The van der Waals surface area contributed by atoms with Gasteiger partial charge in [0, 0.05) is 37.8 Å². The molecule has 1 aromatic heterocycles. The number of nitrogens with one attached hydrogen (secondary N) is 1. The average molecular weight is 446 g/mol. The molecule has 33 heavy (non-hydrogen) atoms. The summed E-state index contributed by atoms with van der Waals surface area (Å²) < 4.78 is 27.2. The minimum atomic E-state index is -0.668. The molecule has 2 heterocycles. The van der Waals surface area contributed by atoms with E-state index in [1.807, 2.05) is 11.0 Å². The van der Waals surface area contributed by atoms with Crippen molar-refractivity contribution >= 4 is 22.8 Å². The number of carbonyl (C=O) groups is 1. The summed E-state index contributed by atoms with van der Waals surface area (Å²) in [6, 6.07) is 17.2. The van der Waals surface area contributed by atoms with E-state index in [1.165, 1.54) is 12.1 Å². The van der Waals surface area contributed by atoms with Crippen molar-refractivity contribution in [3.05, 3.63) is 94.3 Å². The molecule has 166 valence electrons. The molecule has 3 aromatic carbocycles. The van der Waals surface area contributed by atoms with Gasteiger partial charge in [-0.15, -0.1) is 0 Å². The van der Waals surface area contributed by atoms with Gasteiger partial charge >= 0.3 is 0 Å². The van der Waals surface area contributed by atoms with Crippen LogP contribution in [0.15, 0.2) is 71.5 Å². The molecule has 0 aliphatic carbocycles. The number of rotatable bonds is 3. The molecule has 0 unspecified atom stereocenters. The van der Waals surface area contributed by atoms with Gasteiger partial charge in [0.05, 0.1) is 10.9 Å². The highest BCUT2D eigenvalue weighted by molar-refractivity contribution is 5.95. The number of hydrogen-bond donors (Lipinski definition) is 1. The minimum absolute atomic E-state index is 0.159. The Hall–Kier alpha value is -4.07. The number of amides is 1. The third-order valence-electron chi connectivity index (χ3n) is 5.77. The van der Waals surface area contributed by atoms with Gasteiger partial charge in [-0.25, -0.2) is 13.8 Å². The molecule has 0 spiro atoms. The predicted octanol–water partition coefficient (Wildman–Crippen LogP) is 3.83. The van der Waals surface area contributed by atoms with Crippen LogP contribution in [-0.4, -0.2) is 47.0 Å². The Bertz CT molecular complexity index is 1390. The van der Waals surface area contributed by atoms with Crippen LogP contribution in [0.3, 0.4) is 0 Å². The number of aromatic amines is 1. The van der Waals surface area contributed by atoms with Crippen molar-refractivity contribution in [3.8, 4) is 11.1 Å². The number of halogens is 2. The molecule has 8 heteroatoms. The van der Waals surface area contributed by atoms with Crippen molar-refractivity contribution in [1.82, 2.24) is 14.9 Å². The largest absolute Gasteiger partial charge is 0.339 e. The maximum absolute atomic E-state index is 13.6. The number of piperazine rings is 1. The minimum Gasteiger partial charge on any atom is -0.339 e. The van der Waals surface area contributed by atoms with Crippen molar-refractivity contribution in [1.29, 1.82) is 0 Å². The zero-order chi connectivity index (χ0) is 22.9. The second kappa shape index (κ2) is 8.46. The van der Waals surface area contributed by atoms with Crippen molar-refractivity contribution in [2.75, 3.05) is 31.1 Å². The molecule has 1 N–H and O–H groups in total. The topological polar surface area (TPSA) is 69.3 Å². The molecule has 1 amide bonds. The highest BCUT2D eigenvalue weighted by Crippen LogP contribution is 2.24. The van der Waals surface area contributed by atoms with Crippen LogP contribution in [0, 0.1) is 11.6 Å². The lowest BCUT2D eigenvalue weighted by Gasteiger charge is -2.35. The van der Waals surface area contributed by atoms with Crippen LogP contribution >= 0.6 is 0 Å². The number of carbonyl (C=O) groups excluding carboxylic acids is 1. The summed E-state index contributed by atoms with van der Waals surface area (Å²) in [7, 11) is 0. The third-order valence-corrected chi connectivity index (χ3v) is 5.77. The second-order valence-electron chi connectivity index (χ2n) is 7.92. The average Bonchev–Trinajstić information content (AvgIpc) is 2.83. The fourth-order valence-electron chi connectivity index (χ4n) is 4.08. The summed E-state index contributed by atoms with van der Waals surface area (Å²) in [5.41, 5.74) is 1.82. The van der Waals surface area contributed by atoms with E-state index in [-0.39, 0.29) is 11.5 Å². The highest BCUT2D eigenvalue weighted by Gasteiger charge is 2.24. The summed E-state index contributed by atoms with van der Waals surface area (Å²) in [6.45, 7) is 1.94. The highest BCUT2D eigenvalue weighted by atomic mass is 19.1. The number of aromatic nitrogens is 2. The first-order valence-electron chi connectivity index (χ1n) is 10.6. The summed E-state index contributed by atoms with van der Waals surface area (Å²) in [5, 5.41) is 0.535. The molecule has 6 nitrogen and oxygen atoms in total. The van der Waals surface area contributed by atoms with Gasteiger partial charge in [0.2, 0.25) is 5.95 Å². The van der Waals surface area contributed by atoms with E-state index in [2.05, 4.69) is 9.97 Å². The van der Waals surface area contributed by atoms with Crippen LogP contribution in [0.25, 0.3) is 22.0 Å². The molecule has 4 aromatic rings. The number of anilines is 1. The number of nitrogens with zero attached hydrogens (tertiary/aromatic N) is 3. The van der Waals surface area contributed by atoms with Gasteiger partial charge in [0.15, 0.2) is 0 Å². The van der Waals surface area contributed by atoms with E-state index >= 15 is 0 Å². The molecule has 1 aliphatic rings. The van der Waals surface area contributed by atoms with E-state index in [9.17, 15) is 18.4 Å². The first-order chi connectivity index (χ1) is 16.0. The standard InChI is InChI=1S/C25H20F2N4O2/c26-19-13-18(14-20(27)15-19)16-4-3-5-17(12-16)24(33)30-8-10-31(11-9-30)25-28-22-7-2-1-6-21(22)23(32)29-25/h1-7,12-15H,8-11H2,(H,28,29,32). The molecule has 0 saturated carbocycles. The van der Waals surface area contributed by atoms with Crippen LogP contribution in [0.1, 0.15) is 10.4 Å². The van der Waals surface area contributed by atoms with E-state index in [0.29, 0.717) is 59.7 Å². The van der Waals surface area contributed by atoms with Crippen LogP contribution in [-0.2, 0) is 0 Å². The first-order valence-corrected chi connectivity index (χ1v) is 10.6. The summed E-state index contributed by atoms with van der Waals surface area (Å²) in [4.78, 5) is 36.5. The zero-order valence-corrected chi connectivity index (χ0v) is 17.6. The number of benzene rings is 3. The monoisotopic (exact) mass is 446 g/mol. The molecule has 1 fully saturated rings. The Labute approximate surface area is 188 Å². The van der Waals surface area contributed by atoms with Gasteiger partial charge in [-0.1, -0.05) is 24.3 Å². The van der Waals surface area contributed by atoms with Crippen LogP contribution in [0.4, 0.5) is 14.7 Å². The van der Waals surface area contributed by atoms with E-state index in [1.54, 1.807) is 47.4 Å². The lowest BCUT2D eigenvalue weighted by atomic mass is 10.0. The first kappa shape index (κ1) is 20.8. The van der Waals surface area contributed by atoms with E-state index in [4.69, 9.17) is 0 Å². The molecule has 1 aliphatic heterocycles. The van der Waals surface area contributed by atoms with E-state index in [0.717, 1.165) is 6.07 Å². The quantitative estimate of drug-likeness (QED) is 0.519. The fraction of sp³-hybridized carbons (Fsp3) is 0.160. The number of H-pyrrole nitrogens is 1. The predicted molar refractivity (Wildman–Crippen MR) is 122 cm³/mol. The molecular weight excluding hydrogens is 426 g/mol. The lowest BCUT2D eigenvalue weighted by molar-refractivity contribution is 0.0746. The Morgan fingerprint density at radius 2 is 1.58 bits per heavy atom. The fourth-order valence-corrected chi connectivity index (χ4v) is 4.08. The number of para-hydroxylation sites is 1. The van der Waals surface area contributed by atoms with Gasteiger partial charge in [-0.3, -0.25) is 14.6 Å². The normalized spacial score (nSPS) is 14.0. The van der Waals surface area contributed by atoms with Gasteiger partial charge in [0.1, 0.15) is 11.6 Å². The van der Waals surface area contributed by atoms with E-state index < -0.39 is 11.6 Å². The molecular formula is C25H20F2N4O2. The lowest BCUT2D eigenvalue weighted by Crippen LogP contribution is -2.49. The SMILES string of the molecule is O=C(c1cccc(-c2cc(F)cc(F)c2)c1)N1CCN(c2nc3ccccc3c(=O)[nH]2)CC1. The second-order valence-corrected chi connectivity index (χ2v) is 7.92. The Balaban J connectivity index is 1.32. The van der Waals surface area contributed by atoms with Crippen molar-refractivity contribution < 1.29 is 13.6 Å². The number of hydrogen-bond acceptors (Lipinski definition) is 4. The smallest absolute Gasteiger partial charge is 0.260 e. The molecule has 0 atom stereocenters. The third kappa shape index (κ3) is 4.19. The molecule has 5 rings (SSSR count). The maximum atomic E-state index is 13.6. The summed E-state index contributed by atoms with van der Waals surface area (Å²) >= 11 is 0. The van der Waals surface area contributed by atoms with Crippen molar-refractivity contribution in [2.45, 2.75) is 0 Å². The molecule has 1 saturated heterocycles. The Morgan fingerprint density at radius 3 is 2.33 bits per heavy atom. The van der Waals surface area contributed by atoms with Crippen LogP contribution in [0.5, 0.6) is 0 Å². The van der Waals surface area contributed by atoms with Crippen molar-refractivity contribution in [2.24, 2.45) is 0 Å². The molecule has 0 radical (unpaired) electrons. The molecule has 0 bridgehead atoms. The van der Waals surface area contributed by atoms with Crippen LogP contribution < -0.4 is 10.5 Å². The summed E-state index contributed by atoms with van der Waals surface area (Å²) in [6.07, 6.45) is 0. The van der Waals surface area contributed by atoms with Crippen LogP contribution in [0.2, 0.25) is 0 Å². The van der Waals surface area contributed by atoms with Gasteiger partial charge in [0.25, 0.3) is 11.5 Å². The Morgan fingerprint density at radius 1 is 0.848 bits per heavy atom.